The van der Waals surface area contributed by atoms with Gasteiger partial charge in [0.1, 0.15) is 0 Å². The van der Waals surface area contributed by atoms with Gasteiger partial charge in [0.25, 0.3) is 5.91 Å². The summed E-state index contributed by atoms with van der Waals surface area (Å²) in [5.41, 5.74) is 8.08. The lowest BCUT2D eigenvalue weighted by Gasteiger charge is -2.11. The minimum absolute atomic E-state index is 0.175. The van der Waals surface area contributed by atoms with E-state index in [0.717, 1.165) is 45.7 Å². The van der Waals surface area contributed by atoms with Crippen LogP contribution in [0.5, 0.6) is 5.06 Å². The number of hydrogen-bond acceptors (Lipinski definition) is 5. The van der Waals surface area contributed by atoms with Crippen LogP contribution in [-0.4, -0.2) is 15.4 Å². The third-order valence-electron chi connectivity index (χ3n) is 2.73. The molecule has 2 heterocycles. The van der Waals surface area contributed by atoms with E-state index >= 15 is 0 Å². The lowest BCUT2D eigenvalue weighted by atomic mass is 9.93. The van der Waals surface area contributed by atoms with Gasteiger partial charge in [0.05, 0.1) is 15.3 Å². The number of amides is 1. The number of aromatic hydroxyl groups is 1. The van der Waals surface area contributed by atoms with Crippen LogP contribution in [0, 0.1) is 0 Å². The second kappa shape index (κ2) is 3.29. The molecular formula is C10H8N2O2S2. The van der Waals surface area contributed by atoms with E-state index in [2.05, 4.69) is 4.37 Å². The van der Waals surface area contributed by atoms with Gasteiger partial charge in [0.2, 0.25) is 0 Å². The predicted octanol–water partition coefficient (Wildman–Crippen LogP) is 1.77. The van der Waals surface area contributed by atoms with Crippen LogP contribution in [0.4, 0.5) is 0 Å². The summed E-state index contributed by atoms with van der Waals surface area (Å²) in [7, 11) is 0. The summed E-state index contributed by atoms with van der Waals surface area (Å²) in [6, 6.07) is 0. The van der Waals surface area contributed by atoms with Crippen LogP contribution in [0.3, 0.4) is 0 Å². The number of carbonyl (C=O) groups is 1. The van der Waals surface area contributed by atoms with Crippen LogP contribution in [0.25, 0.3) is 10.4 Å². The van der Waals surface area contributed by atoms with E-state index in [1.54, 1.807) is 0 Å². The number of hydrogen-bond donors (Lipinski definition) is 2. The van der Waals surface area contributed by atoms with Crippen LogP contribution in [-0.2, 0) is 12.8 Å². The Bertz CT molecular complexity index is 586. The average molecular weight is 252 g/mol. The van der Waals surface area contributed by atoms with Gasteiger partial charge in [-0.2, -0.15) is 0 Å². The van der Waals surface area contributed by atoms with Gasteiger partial charge in [-0.1, -0.05) is 11.3 Å². The minimum Gasteiger partial charge on any atom is -0.499 e. The number of fused-ring (bicyclic) bond motifs is 3. The van der Waals surface area contributed by atoms with Gasteiger partial charge in [-0.25, -0.2) is 4.37 Å². The molecule has 2 aromatic rings. The van der Waals surface area contributed by atoms with E-state index in [-0.39, 0.29) is 5.06 Å². The number of primary amides is 1. The molecule has 1 aliphatic rings. The van der Waals surface area contributed by atoms with Crippen molar-refractivity contribution in [2.24, 2.45) is 5.73 Å². The zero-order chi connectivity index (χ0) is 11.3. The van der Waals surface area contributed by atoms with Crippen LogP contribution >= 0.6 is 22.9 Å². The fraction of sp³-hybridized carbons (Fsp3) is 0.200. The summed E-state index contributed by atoms with van der Waals surface area (Å²) in [5, 5.41) is 10.1. The summed E-state index contributed by atoms with van der Waals surface area (Å²) in [5.74, 6) is -0.463. The maximum absolute atomic E-state index is 11.2. The molecule has 0 bridgehead atoms. The van der Waals surface area contributed by atoms with Gasteiger partial charge in [-0.3, -0.25) is 4.79 Å². The Morgan fingerprint density at radius 2 is 2.31 bits per heavy atom. The van der Waals surface area contributed by atoms with Gasteiger partial charge < -0.3 is 10.8 Å². The van der Waals surface area contributed by atoms with Crippen molar-refractivity contribution in [1.82, 2.24) is 4.37 Å². The van der Waals surface area contributed by atoms with E-state index < -0.39 is 5.91 Å². The second-order valence-electron chi connectivity index (χ2n) is 3.63. The molecule has 3 N–H and O–H groups in total. The smallest absolute Gasteiger partial charge is 0.259 e. The Hall–Kier alpha value is -1.40. The molecule has 0 saturated heterocycles. The van der Waals surface area contributed by atoms with Crippen molar-refractivity contribution in [2.45, 2.75) is 12.8 Å². The van der Waals surface area contributed by atoms with E-state index in [9.17, 15) is 9.90 Å². The summed E-state index contributed by atoms with van der Waals surface area (Å²) in [6.07, 6.45) is 3.43. The normalized spacial score (nSPS) is 13.2. The molecule has 0 saturated carbocycles. The van der Waals surface area contributed by atoms with Crippen molar-refractivity contribution in [2.75, 3.05) is 0 Å². The van der Waals surface area contributed by atoms with Crippen molar-refractivity contribution in [3.8, 4) is 15.5 Å². The fourth-order valence-corrected chi connectivity index (χ4v) is 3.91. The molecule has 1 aliphatic carbocycles. The topological polar surface area (TPSA) is 76.2 Å². The van der Waals surface area contributed by atoms with E-state index in [0.29, 0.717) is 4.88 Å². The zero-order valence-electron chi connectivity index (χ0n) is 8.19. The molecule has 6 heteroatoms. The highest BCUT2D eigenvalue weighted by Gasteiger charge is 2.28. The van der Waals surface area contributed by atoms with Crippen molar-refractivity contribution in [3.05, 3.63) is 22.2 Å². The first kappa shape index (κ1) is 9.80. The van der Waals surface area contributed by atoms with Gasteiger partial charge in [0, 0.05) is 6.20 Å². The van der Waals surface area contributed by atoms with Crippen LogP contribution in [0.2, 0.25) is 0 Å². The number of nitrogens with zero attached hydrogens (tertiary/aromatic N) is 1. The Morgan fingerprint density at radius 3 is 3.06 bits per heavy atom. The third-order valence-corrected chi connectivity index (χ3v) is 4.64. The summed E-state index contributed by atoms with van der Waals surface area (Å²) < 4.78 is 4.12. The molecule has 16 heavy (non-hydrogen) atoms. The minimum atomic E-state index is -0.463. The maximum Gasteiger partial charge on any atom is 0.259 e. The first-order chi connectivity index (χ1) is 7.68. The molecule has 1 amide bonds. The molecule has 82 valence electrons. The van der Waals surface area contributed by atoms with E-state index in [1.165, 1.54) is 11.5 Å². The van der Waals surface area contributed by atoms with Gasteiger partial charge in [-0.15, -0.1) is 0 Å². The number of thiophene rings is 1. The monoisotopic (exact) mass is 252 g/mol. The van der Waals surface area contributed by atoms with Crippen LogP contribution in [0.1, 0.15) is 20.8 Å². The number of carbonyl (C=O) groups excluding carboxylic acids is 1. The van der Waals surface area contributed by atoms with Crippen LogP contribution < -0.4 is 5.73 Å². The first-order valence-electron chi connectivity index (χ1n) is 4.77. The Labute approximate surface area is 99.5 Å². The summed E-state index contributed by atoms with van der Waals surface area (Å²) in [4.78, 5) is 12.7. The van der Waals surface area contributed by atoms with E-state index in [1.807, 2.05) is 6.20 Å². The van der Waals surface area contributed by atoms with Crippen molar-refractivity contribution >= 4 is 28.8 Å². The maximum atomic E-state index is 11.2. The van der Waals surface area contributed by atoms with Crippen LogP contribution in [0.15, 0.2) is 6.20 Å². The van der Waals surface area contributed by atoms with E-state index in [4.69, 9.17) is 5.73 Å². The highest BCUT2D eigenvalue weighted by Crippen LogP contribution is 2.47. The van der Waals surface area contributed by atoms with Gasteiger partial charge in [0.15, 0.2) is 5.06 Å². The number of aryl methyl sites for hydroxylation is 1. The predicted molar refractivity (Wildman–Crippen MR) is 63.0 cm³/mol. The first-order valence-corrected chi connectivity index (χ1v) is 6.36. The standard InChI is InChI=1S/C10H8N2O2S2/c11-9(13)8-5-2-1-4-3-12-16-7(4)6(5)10(14)15-8/h3,14H,1-2H2,(H2,11,13). The quantitative estimate of drug-likeness (QED) is 0.812. The SMILES string of the molecule is NC(=O)c1sc(O)c2c1CCc1cnsc1-2. The van der Waals surface area contributed by atoms with Crippen molar-refractivity contribution in [1.29, 1.82) is 0 Å². The molecule has 4 nitrogen and oxygen atoms in total. The molecule has 0 fully saturated rings. The highest BCUT2D eigenvalue weighted by molar-refractivity contribution is 7.17. The van der Waals surface area contributed by atoms with Gasteiger partial charge in [-0.05, 0) is 35.5 Å². The molecule has 0 atom stereocenters. The molecule has 0 unspecified atom stereocenters. The third kappa shape index (κ3) is 1.20. The van der Waals surface area contributed by atoms with Gasteiger partial charge >= 0.3 is 0 Å². The second-order valence-corrected chi connectivity index (χ2v) is 5.44. The highest BCUT2D eigenvalue weighted by atomic mass is 32.1. The number of aromatic nitrogens is 1. The molecule has 0 aromatic carbocycles. The van der Waals surface area contributed by atoms with Crippen molar-refractivity contribution < 1.29 is 9.90 Å². The molecule has 0 spiro atoms. The fourth-order valence-electron chi connectivity index (χ4n) is 2.03. The Kier molecular flexibility index (Phi) is 2.02. The Morgan fingerprint density at radius 1 is 1.50 bits per heavy atom. The summed E-state index contributed by atoms with van der Waals surface area (Å²) >= 11 is 2.42. The van der Waals surface area contributed by atoms with Crippen molar-refractivity contribution in [3.63, 3.8) is 0 Å². The lowest BCUT2D eigenvalue weighted by Crippen LogP contribution is -2.12. The lowest BCUT2D eigenvalue weighted by molar-refractivity contribution is 0.100. The number of rotatable bonds is 1. The Balaban J connectivity index is 2.30. The average Bonchev–Trinajstić information content (AvgIpc) is 2.81. The molecule has 3 rings (SSSR count). The molecule has 0 aliphatic heterocycles. The largest absolute Gasteiger partial charge is 0.499 e. The zero-order valence-corrected chi connectivity index (χ0v) is 9.82. The molecular weight excluding hydrogens is 244 g/mol. The molecule has 0 radical (unpaired) electrons. The number of nitrogens with two attached hydrogens (primary N) is 1. The molecule has 2 aromatic heterocycles. The summed E-state index contributed by atoms with van der Waals surface area (Å²) in [6.45, 7) is 0.